The van der Waals surface area contributed by atoms with Crippen LogP contribution in [-0.2, 0) is 0 Å². The maximum absolute atomic E-state index is 12.3. The maximum Gasteiger partial charge on any atom is 0.274 e. The van der Waals surface area contributed by atoms with Crippen LogP contribution in [0, 0.1) is 0 Å². The Morgan fingerprint density at radius 1 is 1.14 bits per heavy atom. The van der Waals surface area contributed by atoms with Gasteiger partial charge in [0.05, 0.1) is 10.7 Å². The molecule has 0 saturated heterocycles. The molecule has 2 rings (SSSR count). The minimum atomic E-state index is -0.346. The van der Waals surface area contributed by atoms with Crippen molar-refractivity contribution in [2.45, 2.75) is 26.3 Å². The summed E-state index contributed by atoms with van der Waals surface area (Å²) in [6.45, 7) is 6.12. The highest BCUT2D eigenvalue weighted by atomic mass is 35.5. The summed E-state index contributed by atoms with van der Waals surface area (Å²) >= 11 is 11.9. The molecule has 0 spiro atoms. The maximum atomic E-state index is 12.3. The normalized spacial score (nSPS) is 11.1. The van der Waals surface area contributed by atoms with Crippen molar-refractivity contribution in [3.05, 3.63) is 52.3 Å². The summed E-state index contributed by atoms with van der Waals surface area (Å²) in [6, 6.07) is 8.39. The number of anilines is 2. The van der Waals surface area contributed by atoms with Crippen molar-refractivity contribution in [2.24, 2.45) is 0 Å². The van der Waals surface area contributed by atoms with Crippen LogP contribution in [0.2, 0.25) is 10.0 Å². The molecule has 22 heavy (non-hydrogen) atoms. The van der Waals surface area contributed by atoms with Crippen molar-refractivity contribution in [2.75, 3.05) is 10.6 Å². The third kappa shape index (κ3) is 4.61. The second-order valence-corrected chi connectivity index (χ2v) is 6.73. The number of pyridine rings is 1. The molecule has 0 fully saturated rings. The van der Waals surface area contributed by atoms with Gasteiger partial charge in [0.1, 0.15) is 5.69 Å². The van der Waals surface area contributed by atoms with Crippen LogP contribution >= 0.6 is 23.2 Å². The average Bonchev–Trinajstić information content (AvgIpc) is 2.41. The fraction of sp³-hybridized carbons (Fsp3) is 0.250. The smallest absolute Gasteiger partial charge is 0.274 e. The number of rotatable bonds is 3. The zero-order chi connectivity index (χ0) is 16.3. The van der Waals surface area contributed by atoms with E-state index in [-0.39, 0.29) is 11.4 Å². The number of benzene rings is 1. The van der Waals surface area contributed by atoms with Crippen molar-refractivity contribution in [3.8, 4) is 0 Å². The topological polar surface area (TPSA) is 54.0 Å². The molecule has 2 N–H and O–H groups in total. The van der Waals surface area contributed by atoms with Crippen LogP contribution < -0.4 is 10.6 Å². The summed E-state index contributed by atoms with van der Waals surface area (Å²) in [6.07, 6.45) is 1.59. The number of amides is 1. The zero-order valence-electron chi connectivity index (χ0n) is 12.6. The lowest BCUT2D eigenvalue weighted by Crippen LogP contribution is -2.26. The Balaban J connectivity index is 2.19. The minimum absolute atomic E-state index is 0.106. The molecule has 116 valence electrons. The van der Waals surface area contributed by atoms with Gasteiger partial charge in [-0.2, -0.15) is 0 Å². The first kappa shape index (κ1) is 16.6. The molecule has 0 aliphatic carbocycles. The number of nitrogens with one attached hydrogen (secondary N) is 2. The molecule has 1 aromatic heterocycles. The fourth-order valence-corrected chi connectivity index (χ4v) is 2.18. The Bertz CT molecular complexity index is 696. The van der Waals surface area contributed by atoms with E-state index in [0.717, 1.165) is 5.69 Å². The van der Waals surface area contributed by atoms with Crippen molar-refractivity contribution < 1.29 is 4.79 Å². The first-order chi connectivity index (χ1) is 10.2. The van der Waals surface area contributed by atoms with Gasteiger partial charge >= 0.3 is 0 Å². The molecule has 0 saturated carbocycles. The molecule has 6 heteroatoms. The second kappa shape index (κ2) is 6.55. The summed E-state index contributed by atoms with van der Waals surface area (Å²) in [5.74, 6) is -0.346. The molecule has 0 bridgehead atoms. The summed E-state index contributed by atoms with van der Waals surface area (Å²) < 4.78 is 0. The highest BCUT2D eigenvalue weighted by Gasteiger charge is 2.13. The lowest BCUT2D eigenvalue weighted by Gasteiger charge is -2.22. The molecular weight excluding hydrogens is 321 g/mol. The molecule has 1 aromatic carbocycles. The van der Waals surface area contributed by atoms with Crippen LogP contribution in [0.4, 0.5) is 11.4 Å². The van der Waals surface area contributed by atoms with Crippen molar-refractivity contribution in [1.82, 2.24) is 4.98 Å². The number of carbonyl (C=O) groups excluding carboxylic acids is 1. The van der Waals surface area contributed by atoms with Gasteiger partial charge < -0.3 is 10.6 Å². The molecule has 0 unspecified atom stereocenters. The third-order valence-corrected chi connectivity index (χ3v) is 3.25. The molecule has 4 nitrogen and oxygen atoms in total. The molecule has 0 atom stereocenters. The van der Waals surface area contributed by atoms with Gasteiger partial charge in [-0.1, -0.05) is 23.2 Å². The van der Waals surface area contributed by atoms with Gasteiger partial charge in [0, 0.05) is 22.4 Å². The van der Waals surface area contributed by atoms with Crippen LogP contribution in [0.3, 0.4) is 0 Å². The van der Waals surface area contributed by atoms with E-state index >= 15 is 0 Å². The SMILES string of the molecule is CC(C)(C)Nc1ccnc(C(=O)Nc2cc(Cl)ccc2Cl)c1. The van der Waals surface area contributed by atoms with E-state index in [1.54, 1.807) is 30.5 Å². The third-order valence-electron chi connectivity index (χ3n) is 2.69. The van der Waals surface area contributed by atoms with Gasteiger partial charge in [-0.3, -0.25) is 9.78 Å². The quantitative estimate of drug-likeness (QED) is 0.841. The Morgan fingerprint density at radius 2 is 1.86 bits per heavy atom. The number of halogens is 2. The monoisotopic (exact) mass is 337 g/mol. The predicted octanol–water partition coefficient (Wildman–Crippen LogP) is 4.85. The van der Waals surface area contributed by atoms with E-state index in [4.69, 9.17) is 23.2 Å². The first-order valence-electron chi connectivity index (χ1n) is 6.75. The molecule has 1 heterocycles. The fourth-order valence-electron chi connectivity index (χ4n) is 1.85. The number of nitrogens with zero attached hydrogens (tertiary/aromatic N) is 1. The largest absolute Gasteiger partial charge is 0.380 e. The minimum Gasteiger partial charge on any atom is -0.380 e. The second-order valence-electron chi connectivity index (χ2n) is 5.88. The lowest BCUT2D eigenvalue weighted by atomic mass is 10.1. The van der Waals surface area contributed by atoms with Crippen LogP contribution in [0.25, 0.3) is 0 Å². The summed E-state index contributed by atoms with van der Waals surface area (Å²) in [4.78, 5) is 16.4. The Labute approximate surface area is 139 Å². The van der Waals surface area contributed by atoms with E-state index in [1.807, 2.05) is 26.8 Å². The molecule has 1 amide bonds. The molecule has 0 aliphatic rings. The summed E-state index contributed by atoms with van der Waals surface area (Å²) in [5, 5.41) is 6.92. The van der Waals surface area contributed by atoms with Crippen LogP contribution in [0.5, 0.6) is 0 Å². The lowest BCUT2D eigenvalue weighted by molar-refractivity contribution is 0.102. The van der Waals surface area contributed by atoms with Crippen LogP contribution in [0.15, 0.2) is 36.5 Å². The highest BCUT2D eigenvalue weighted by molar-refractivity contribution is 6.35. The van der Waals surface area contributed by atoms with Crippen molar-refractivity contribution in [1.29, 1.82) is 0 Å². The van der Waals surface area contributed by atoms with Crippen LogP contribution in [0.1, 0.15) is 31.3 Å². The van der Waals surface area contributed by atoms with E-state index in [0.29, 0.717) is 21.4 Å². The number of hydrogen-bond donors (Lipinski definition) is 2. The van der Waals surface area contributed by atoms with Gasteiger partial charge in [-0.25, -0.2) is 0 Å². The number of hydrogen-bond acceptors (Lipinski definition) is 3. The van der Waals surface area contributed by atoms with Crippen molar-refractivity contribution >= 4 is 40.5 Å². The molecular formula is C16H17Cl2N3O. The van der Waals surface area contributed by atoms with E-state index < -0.39 is 0 Å². The Hall–Kier alpha value is -1.78. The number of aromatic nitrogens is 1. The standard InChI is InChI=1S/C16H17Cl2N3O/c1-16(2,3)21-11-6-7-19-14(9-11)15(22)20-13-8-10(17)4-5-12(13)18/h4-9H,1-3H3,(H,19,21)(H,20,22). The predicted molar refractivity (Wildman–Crippen MR) is 92.0 cm³/mol. The molecule has 2 aromatic rings. The van der Waals surface area contributed by atoms with E-state index in [9.17, 15) is 4.79 Å². The summed E-state index contributed by atoms with van der Waals surface area (Å²) in [5.41, 5.74) is 1.47. The van der Waals surface area contributed by atoms with Gasteiger partial charge in [0.15, 0.2) is 0 Å². The Kier molecular flexibility index (Phi) is 4.94. The van der Waals surface area contributed by atoms with Gasteiger partial charge in [-0.15, -0.1) is 0 Å². The average molecular weight is 338 g/mol. The van der Waals surface area contributed by atoms with Crippen molar-refractivity contribution in [3.63, 3.8) is 0 Å². The van der Waals surface area contributed by atoms with E-state index in [1.165, 1.54) is 0 Å². The first-order valence-corrected chi connectivity index (χ1v) is 7.51. The van der Waals surface area contributed by atoms with Gasteiger partial charge in [0.2, 0.25) is 0 Å². The zero-order valence-corrected chi connectivity index (χ0v) is 14.1. The Morgan fingerprint density at radius 3 is 2.55 bits per heavy atom. The summed E-state index contributed by atoms with van der Waals surface area (Å²) in [7, 11) is 0. The van der Waals surface area contributed by atoms with Gasteiger partial charge in [-0.05, 0) is 51.1 Å². The van der Waals surface area contributed by atoms with E-state index in [2.05, 4.69) is 15.6 Å². The highest BCUT2D eigenvalue weighted by Crippen LogP contribution is 2.26. The number of carbonyl (C=O) groups is 1. The van der Waals surface area contributed by atoms with Crippen LogP contribution in [-0.4, -0.2) is 16.4 Å². The molecule has 0 aliphatic heterocycles. The van der Waals surface area contributed by atoms with Gasteiger partial charge in [0.25, 0.3) is 5.91 Å². The molecule has 0 radical (unpaired) electrons.